The topological polar surface area (TPSA) is 61.9 Å². The molecule has 1 aliphatic heterocycles. The smallest absolute Gasteiger partial charge is 0.235 e. The molecule has 1 aliphatic rings. The number of amides is 1. The Bertz CT molecular complexity index is 607. The molecule has 110 valence electrons. The summed E-state index contributed by atoms with van der Waals surface area (Å²) in [6.45, 7) is 3.68. The molecule has 0 aliphatic carbocycles. The first-order chi connectivity index (χ1) is 10.2. The maximum atomic E-state index is 12.3. The fourth-order valence-corrected chi connectivity index (χ4v) is 3.24. The molecule has 1 aromatic heterocycles. The van der Waals surface area contributed by atoms with Crippen molar-refractivity contribution in [2.75, 3.05) is 13.1 Å². The predicted molar refractivity (Wildman–Crippen MR) is 83.0 cm³/mol. The Morgan fingerprint density at radius 1 is 1.29 bits per heavy atom. The summed E-state index contributed by atoms with van der Waals surface area (Å²) in [5, 5.41) is 7.60. The number of rotatable bonds is 4. The fourth-order valence-electron chi connectivity index (χ4n) is 2.43. The van der Waals surface area contributed by atoms with E-state index in [1.165, 1.54) is 11.8 Å². The van der Waals surface area contributed by atoms with Gasteiger partial charge in [0.2, 0.25) is 11.1 Å². The van der Waals surface area contributed by atoms with Crippen molar-refractivity contribution in [2.45, 2.75) is 30.2 Å². The van der Waals surface area contributed by atoms with Crippen molar-refractivity contribution < 1.29 is 4.79 Å². The van der Waals surface area contributed by atoms with Gasteiger partial charge in [-0.2, -0.15) is 0 Å². The molecule has 6 heteroatoms. The minimum Gasteiger partial charge on any atom is -0.342 e. The van der Waals surface area contributed by atoms with Crippen LogP contribution >= 0.6 is 11.8 Å². The second-order valence-electron chi connectivity index (χ2n) is 5.13. The van der Waals surface area contributed by atoms with E-state index in [0.29, 0.717) is 5.16 Å². The highest BCUT2D eigenvalue weighted by atomic mass is 32.2. The number of aromatic nitrogens is 3. The van der Waals surface area contributed by atoms with E-state index in [1.54, 1.807) is 0 Å². The van der Waals surface area contributed by atoms with Crippen molar-refractivity contribution in [3.05, 3.63) is 30.3 Å². The summed E-state index contributed by atoms with van der Waals surface area (Å²) in [6, 6.07) is 9.85. The number of likely N-dealkylation sites (tertiary alicyclic amines) is 1. The first-order valence-corrected chi connectivity index (χ1v) is 8.05. The molecule has 0 radical (unpaired) electrons. The lowest BCUT2D eigenvalue weighted by Crippen LogP contribution is -2.34. The molecule has 1 fully saturated rings. The molecule has 1 amide bonds. The Hall–Kier alpha value is -1.82. The van der Waals surface area contributed by atoms with Crippen molar-refractivity contribution in [2.24, 2.45) is 0 Å². The number of hydrogen-bond donors (Lipinski definition) is 1. The predicted octanol–water partition coefficient (Wildman–Crippen LogP) is 2.57. The van der Waals surface area contributed by atoms with Crippen LogP contribution in [0.15, 0.2) is 35.5 Å². The molecular formula is C15H18N4OS. The second-order valence-corrected chi connectivity index (χ2v) is 6.43. The first kappa shape index (κ1) is 14.1. The molecule has 1 atom stereocenters. The van der Waals surface area contributed by atoms with Gasteiger partial charge in [0, 0.05) is 18.7 Å². The van der Waals surface area contributed by atoms with Gasteiger partial charge in [-0.3, -0.25) is 9.89 Å². The van der Waals surface area contributed by atoms with Gasteiger partial charge < -0.3 is 4.90 Å². The van der Waals surface area contributed by atoms with Crippen LogP contribution in [0, 0.1) is 0 Å². The van der Waals surface area contributed by atoms with E-state index in [1.807, 2.05) is 42.2 Å². The number of nitrogens with one attached hydrogen (secondary N) is 1. The fraction of sp³-hybridized carbons (Fsp3) is 0.400. The van der Waals surface area contributed by atoms with Crippen LogP contribution in [-0.2, 0) is 4.79 Å². The summed E-state index contributed by atoms with van der Waals surface area (Å²) >= 11 is 1.41. The Balaban J connectivity index is 1.65. The molecule has 3 rings (SSSR count). The van der Waals surface area contributed by atoms with Crippen LogP contribution in [-0.4, -0.2) is 44.3 Å². The lowest BCUT2D eigenvalue weighted by Gasteiger charge is -2.18. The molecular weight excluding hydrogens is 284 g/mol. The van der Waals surface area contributed by atoms with Crippen molar-refractivity contribution in [3.63, 3.8) is 0 Å². The molecule has 1 aromatic carbocycles. The number of carbonyl (C=O) groups excluding carboxylic acids is 1. The summed E-state index contributed by atoms with van der Waals surface area (Å²) in [5.41, 5.74) is 0.996. The lowest BCUT2D eigenvalue weighted by molar-refractivity contribution is -0.129. The molecule has 0 saturated carbocycles. The van der Waals surface area contributed by atoms with Crippen LogP contribution in [0.2, 0.25) is 0 Å². The van der Waals surface area contributed by atoms with Gasteiger partial charge in [0.1, 0.15) is 0 Å². The van der Waals surface area contributed by atoms with Gasteiger partial charge >= 0.3 is 0 Å². The number of hydrogen-bond acceptors (Lipinski definition) is 4. The number of benzene rings is 1. The molecule has 1 N–H and O–H groups in total. The first-order valence-electron chi connectivity index (χ1n) is 7.17. The molecule has 21 heavy (non-hydrogen) atoms. The highest BCUT2D eigenvalue weighted by Gasteiger charge is 2.25. The molecule has 2 aromatic rings. The van der Waals surface area contributed by atoms with Gasteiger partial charge in [-0.15, -0.1) is 5.10 Å². The van der Waals surface area contributed by atoms with E-state index < -0.39 is 0 Å². The minimum atomic E-state index is -0.150. The lowest BCUT2D eigenvalue weighted by atomic mass is 10.2. The molecule has 2 heterocycles. The summed E-state index contributed by atoms with van der Waals surface area (Å²) < 4.78 is 0. The molecule has 0 unspecified atom stereocenters. The van der Waals surface area contributed by atoms with E-state index in [-0.39, 0.29) is 11.2 Å². The van der Waals surface area contributed by atoms with Crippen molar-refractivity contribution in [3.8, 4) is 11.4 Å². The van der Waals surface area contributed by atoms with Crippen molar-refractivity contribution in [1.82, 2.24) is 20.1 Å². The standard InChI is InChI=1S/C15H18N4OS/c1-11(14(20)19-9-5-6-10-19)21-15-16-13(17-18-15)12-7-3-2-4-8-12/h2-4,7-8,11H,5-6,9-10H2,1H3,(H,16,17,18)/t11-/m0/s1. The van der Waals surface area contributed by atoms with E-state index >= 15 is 0 Å². The van der Waals surface area contributed by atoms with E-state index in [9.17, 15) is 4.79 Å². The van der Waals surface area contributed by atoms with E-state index in [0.717, 1.165) is 37.3 Å². The quantitative estimate of drug-likeness (QED) is 0.882. The molecule has 5 nitrogen and oxygen atoms in total. The van der Waals surface area contributed by atoms with Gasteiger partial charge in [-0.1, -0.05) is 42.1 Å². The molecule has 1 saturated heterocycles. The van der Waals surface area contributed by atoms with Gasteiger partial charge in [-0.05, 0) is 19.8 Å². The van der Waals surface area contributed by atoms with Crippen molar-refractivity contribution in [1.29, 1.82) is 0 Å². The van der Waals surface area contributed by atoms with E-state index in [2.05, 4.69) is 15.2 Å². The number of H-pyrrole nitrogens is 1. The van der Waals surface area contributed by atoms with Gasteiger partial charge in [0.05, 0.1) is 5.25 Å². The third-order valence-electron chi connectivity index (χ3n) is 3.56. The highest BCUT2D eigenvalue weighted by Crippen LogP contribution is 2.24. The highest BCUT2D eigenvalue weighted by molar-refractivity contribution is 8.00. The number of carbonyl (C=O) groups is 1. The number of nitrogens with zero attached hydrogens (tertiary/aromatic N) is 3. The largest absolute Gasteiger partial charge is 0.342 e. The zero-order chi connectivity index (χ0) is 14.7. The third-order valence-corrected chi connectivity index (χ3v) is 4.51. The number of aromatic amines is 1. The Morgan fingerprint density at radius 2 is 2.00 bits per heavy atom. The summed E-state index contributed by atoms with van der Waals surface area (Å²) in [7, 11) is 0. The van der Waals surface area contributed by atoms with Crippen LogP contribution in [0.3, 0.4) is 0 Å². The average molecular weight is 302 g/mol. The summed E-state index contributed by atoms with van der Waals surface area (Å²) in [5.74, 6) is 0.919. The maximum absolute atomic E-state index is 12.3. The Morgan fingerprint density at radius 3 is 2.71 bits per heavy atom. The summed E-state index contributed by atoms with van der Waals surface area (Å²) in [4.78, 5) is 18.7. The summed E-state index contributed by atoms with van der Waals surface area (Å²) in [6.07, 6.45) is 2.23. The van der Waals surface area contributed by atoms with Crippen LogP contribution in [0.25, 0.3) is 11.4 Å². The Kier molecular flexibility index (Phi) is 4.24. The van der Waals surface area contributed by atoms with Crippen LogP contribution in [0.1, 0.15) is 19.8 Å². The van der Waals surface area contributed by atoms with Gasteiger partial charge in [0.25, 0.3) is 0 Å². The van der Waals surface area contributed by atoms with Gasteiger partial charge in [0.15, 0.2) is 5.82 Å². The Labute approximate surface area is 128 Å². The normalized spacial score (nSPS) is 16.1. The molecule has 0 bridgehead atoms. The number of thioether (sulfide) groups is 1. The molecule has 0 spiro atoms. The van der Waals surface area contributed by atoms with Gasteiger partial charge in [-0.25, -0.2) is 4.98 Å². The minimum absolute atomic E-state index is 0.150. The zero-order valence-electron chi connectivity index (χ0n) is 12.0. The third kappa shape index (κ3) is 3.26. The van der Waals surface area contributed by atoms with Crippen molar-refractivity contribution >= 4 is 17.7 Å². The van der Waals surface area contributed by atoms with Crippen LogP contribution in [0.4, 0.5) is 0 Å². The van der Waals surface area contributed by atoms with E-state index in [4.69, 9.17) is 0 Å². The average Bonchev–Trinajstić information content (AvgIpc) is 3.19. The maximum Gasteiger partial charge on any atom is 0.235 e. The van der Waals surface area contributed by atoms with Crippen LogP contribution in [0.5, 0.6) is 0 Å². The SMILES string of the molecule is C[C@H](Sc1n[nH]c(-c2ccccc2)n1)C(=O)N1CCCC1. The zero-order valence-corrected chi connectivity index (χ0v) is 12.8. The van der Waals surface area contributed by atoms with Crippen LogP contribution < -0.4 is 0 Å². The second kappa shape index (κ2) is 6.30. The monoisotopic (exact) mass is 302 g/mol.